The van der Waals surface area contributed by atoms with Crippen LogP contribution < -0.4 is 5.32 Å². The number of aromatic nitrogens is 3. The lowest BCUT2D eigenvalue weighted by Crippen LogP contribution is -2.15. The van der Waals surface area contributed by atoms with Crippen molar-refractivity contribution in [2.75, 3.05) is 5.32 Å². The third kappa shape index (κ3) is 4.17. The number of hydrogen-bond acceptors (Lipinski definition) is 4. The number of carbonyl (C=O) groups is 1. The van der Waals surface area contributed by atoms with Crippen LogP contribution >= 0.6 is 0 Å². The van der Waals surface area contributed by atoms with Gasteiger partial charge in [0.1, 0.15) is 5.76 Å². The van der Waals surface area contributed by atoms with E-state index in [4.69, 9.17) is 4.42 Å². The number of carbonyl (C=O) groups excluding carboxylic acids is 1. The fourth-order valence-corrected chi connectivity index (χ4v) is 2.99. The summed E-state index contributed by atoms with van der Waals surface area (Å²) < 4.78 is 7.71. The third-order valence-corrected chi connectivity index (χ3v) is 4.38. The summed E-state index contributed by atoms with van der Waals surface area (Å²) >= 11 is 0. The number of amides is 1. The van der Waals surface area contributed by atoms with Gasteiger partial charge in [-0.15, -0.1) is 0 Å². The number of imidazole rings is 1. The lowest BCUT2D eigenvalue weighted by molar-refractivity contribution is -0.115. The van der Waals surface area contributed by atoms with E-state index in [2.05, 4.69) is 15.3 Å². The van der Waals surface area contributed by atoms with Crippen LogP contribution in [0.25, 0.3) is 11.5 Å². The summed E-state index contributed by atoms with van der Waals surface area (Å²) in [5.74, 6) is 1.06. The molecular formula is C22H20N4O2. The molecule has 6 heteroatoms. The van der Waals surface area contributed by atoms with Crippen LogP contribution in [0.1, 0.15) is 17.0 Å². The number of hydrogen-bond donors (Lipinski definition) is 1. The van der Waals surface area contributed by atoms with Gasteiger partial charge in [0.05, 0.1) is 18.4 Å². The van der Waals surface area contributed by atoms with E-state index in [-0.39, 0.29) is 12.3 Å². The maximum absolute atomic E-state index is 12.5. The predicted octanol–water partition coefficient (Wildman–Crippen LogP) is 4.08. The largest absolute Gasteiger partial charge is 0.441 e. The average Bonchev–Trinajstić information content (AvgIpc) is 3.33. The molecule has 0 unspecified atom stereocenters. The topological polar surface area (TPSA) is 73.0 Å². The first-order valence-electron chi connectivity index (χ1n) is 9.03. The molecule has 0 aliphatic heterocycles. The van der Waals surface area contributed by atoms with Gasteiger partial charge >= 0.3 is 0 Å². The Labute approximate surface area is 162 Å². The summed E-state index contributed by atoms with van der Waals surface area (Å²) in [5, 5.41) is 2.94. The molecule has 2 aromatic heterocycles. The number of anilines is 1. The second-order valence-corrected chi connectivity index (χ2v) is 6.55. The zero-order valence-corrected chi connectivity index (χ0v) is 15.5. The van der Waals surface area contributed by atoms with Gasteiger partial charge in [-0.3, -0.25) is 4.79 Å². The monoisotopic (exact) mass is 372 g/mol. The van der Waals surface area contributed by atoms with Crippen molar-refractivity contribution in [3.05, 3.63) is 90.3 Å². The first-order valence-corrected chi connectivity index (χ1v) is 9.03. The van der Waals surface area contributed by atoms with Crippen molar-refractivity contribution in [3.63, 3.8) is 0 Å². The second kappa shape index (κ2) is 7.92. The lowest BCUT2D eigenvalue weighted by atomic mass is 10.2. The highest BCUT2D eigenvalue weighted by atomic mass is 16.4. The molecule has 0 atom stereocenters. The van der Waals surface area contributed by atoms with Gasteiger partial charge in [0, 0.05) is 30.2 Å². The summed E-state index contributed by atoms with van der Waals surface area (Å²) in [6.45, 7) is 2.53. The minimum Gasteiger partial charge on any atom is -0.441 e. The summed E-state index contributed by atoms with van der Waals surface area (Å²) in [6, 6.07) is 17.4. The lowest BCUT2D eigenvalue weighted by Gasteiger charge is -2.07. The number of nitrogens with one attached hydrogen (secondary N) is 1. The molecule has 0 spiro atoms. The highest BCUT2D eigenvalue weighted by molar-refractivity contribution is 5.92. The van der Waals surface area contributed by atoms with Gasteiger partial charge in [-0.05, 0) is 36.8 Å². The van der Waals surface area contributed by atoms with E-state index in [9.17, 15) is 4.79 Å². The van der Waals surface area contributed by atoms with Gasteiger partial charge in [0.15, 0.2) is 0 Å². The Morgan fingerprint density at radius 3 is 2.79 bits per heavy atom. The van der Waals surface area contributed by atoms with E-state index >= 15 is 0 Å². The predicted molar refractivity (Wildman–Crippen MR) is 107 cm³/mol. The molecule has 1 N–H and O–H groups in total. The molecule has 2 heterocycles. The number of benzene rings is 2. The summed E-state index contributed by atoms with van der Waals surface area (Å²) in [7, 11) is 0. The third-order valence-electron chi connectivity index (χ3n) is 4.38. The Morgan fingerprint density at radius 1 is 1.14 bits per heavy atom. The van der Waals surface area contributed by atoms with Crippen molar-refractivity contribution in [2.24, 2.45) is 0 Å². The van der Waals surface area contributed by atoms with E-state index in [1.807, 2.05) is 72.3 Å². The fourth-order valence-electron chi connectivity index (χ4n) is 2.99. The van der Waals surface area contributed by atoms with Crippen molar-refractivity contribution in [3.8, 4) is 11.5 Å². The van der Waals surface area contributed by atoms with E-state index in [1.165, 1.54) is 0 Å². The zero-order chi connectivity index (χ0) is 19.3. The van der Waals surface area contributed by atoms with Gasteiger partial charge in [-0.25, -0.2) is 9.97 Å². The van der Waals surface area contributed by atoms with Crippen molar-refractivity contribution in [1.29, 1.82) is 0 Å². The maximum Gasteiger partial charge on any atom is 0.230 e. The van der Waals surface area contributed by atoms with Crippen LogP contribution in [-0.4, -0.2) is 20.4 Å². The van der Waals surface area contributed by atoms with Gasteiger partial charge < -0.3 is 14.3 Å². The molecule has 6 nitrogen and oxygen atoms in total. The zero-order valence-electron chi connectivity index (χ0n) is 15.5. The number of oxazole rings is 1. The van der Waals surface area contributed by atoms with E-state index in [0.717, 1.165) is 16.8 Å². The highest BCUT2D eigenvalue weighted by Crippen LogP contribution is 2.22. The Balaban J connectivity index is 1.43. The molecule has 0 radical (unpaired) electrons. The standard InChI is InChI=1S/C22H20N4O2/c1-16-20(25-22(28-16)18-7-3-2-4-8-18)13-21(27)24-19-9-5-6-17(12-19)14-26-11-10-23-15-26/h2-12,15H,13-14H2,1H3,(H,24,27). The Morgan fingerprint density at radius 2 is 2.00 bits per heavy atom. The average molecular weight is 372 g/mol. The molecule has 28 heavy (non-hydrogen) atoms. The molecule has 0 aliphatic carbocycles. The SMILES string of the molecule is Cc1oc(-c2ccccc2)nc1CC(=O)Nc1cccc(Cn2ccnc2)c1. The molecular weight excluding hydrogens is 352 g/mol. The van der Waals surface area contributed by atoms with Crippen LogP contribution in [0.15, 0.2) is 77.7 Å². The molecule has 1 amide bonds. The van der Waals surface area contributed by atoms with Gasteiger partial charge in [-0.2, -0.15) is 0 Å². The number of aryl methyl sites for hydroxylation is 1. The first kappa shape index (κ1) is 17.7. The molecule has 2 aromatic carbocycles. The Bertz CT molecular complexity index is 1070. The van der Waals surface area contributed by atoms with Gasteiger partial charge in [0.25, 0.3) is 0 Å². The molecule has 0 bridgehead atoms. The molecule has 0 saturated carbocycles. The normalized spacial score (nSPS) is 10.8. The molecule has 0 fully saturated rings. The molecule has 4 aromatic rings. The molecule has 0 saturated heterocycles. The highest BCUT2D eigenvalue weighted by Gasteiger charge is 2.15. The number of rotatable bonds is 6. The Hall–Kier alpha value is -3.67. The molecule has 140 valence electrons. The van der Waals surface area contributed by atoms with E-state index in [1.54, 1.807) is 12.5 Å². The van der Waals surface area contributed by atoms with Crippen LogP contribution in [-0.2, 0) is 17.8 Å². The fraction of sp³-hybridized carbons (Fsp3) is 0.136. The summed E-state index contributed by atoms with van der Waals surface area (Å²) in [5.41, 5.74) is 3.38. The van der Waals surface area contributed by atoms with E-state index < -0.39 is 0 Å². The van der Waals surface area contributed by atoms with Gasteiger partial charge in [-0.1, -0.05) is 30.3 Å². The van der Waals surface area contributed by atoms with Crippen LogP contribution in [0, 0.1) is 6.92 Å². The van der Waals surface area contributed by atoms with Crippen molar-refractivity contribution < 1.29 is 9.21 Å². The number of nitrogens with zero attached hydrogens (tertiary/aromatic N) is 3. The summed E-state index contributed by atoms with van der Waals surface area (Å²) in [4.78, 5) is 21.0. The minimum absolute atomic E-state index is 0.129. The first-order chi connectivity index (χ1) is 13.7. The second-order valence-electron chi connectivity index (χ2n) is 6.55. The molecule has 0 aliphatic rings. The van der Waals surface area contributed by atoms with Crippen LogP contribution in [0.4, 0.5) is 5.69 Å². The van der Waals surface area contributed by atoms with Crippen molar-refractivity contribution >= 4 is 11.6 Å². The summed E-state index contributed by atoms with van der Waals surface area (Å²) in [6.07, 6.45) is 5.58. The Kier molecular flexibility index (Phi) is 5.01. The van der Waals surface area contributed by atoms with Gasteiger partial charge in [0.2, 0.25) is 11.8 Å². The van der Waals surface area contributed by atoms with Crippen LogP contribution in [0.3, 0.4) is 0 Å². The maximum atomic E-state index is 12.5. The van der Waals surface area contributed by atoms with Crippen molar-refractivity contribution in [1.82, 2.24) is 14.5 Å². The quantitative estimate of drug-likeness (QED) is 0.554. The smallest absolute Gasteiger partial charge is 0.230 e. The van der Waals surface area contributed by atoms with E-state index in [0.29, 0.717) is 23.9 Å². The minimum atomic E-state index is -0.129. The van der Waals surface area contributed by atoms with Crippen LogP contribution in [0.5, 0.6) is 0 Å². The van der Waals surface area contributed by atoms with Crippen LogP contribution in [0.2, 0.25) is 0 Å². The molecule has 4 rings (SSSR count). The van der Waals surface area contributed by atoms with Crippen molar-refractivity contribution in [2.45, 2.75) is 19.9 Å².